The molecule has 6 heteroatoms. The van der Waals surface area contributed by atoms with E-state index in [1.54, 1.807) is 18.4 Å². The maximum Gasteiger partial charge on any atom is 0.253 e. The Labute approximate surface area is 128 Å². The topological polar surface area (TPSA) is 84.2 Å². The average Bonchev–Trinajstić information content (AvgIpc) is 3.06. The Morgan fingerprint density at radius 3 is 2.55 bits per heavy atom. The van der Waals surface area contributed by atoms with Crippen LogP contribution in [-0.2, 0) is 6.54 Å². The van der Waals surface area contributed by atoms with E-state index in [0.717, 1.165) is 12.8 Å². The molecule has 0 saturated heterocycles. The highest BCUT2D eigenvalue weighted by atomic mass is 16.3. The van der Waals surface area contributed by atoms with Crippen LogP contribution in [0.15, 0.2) is 41.3 Å². The molecule has 2 rings (SSSR count). The molecular formula is C16H19N3O3. The number of pyridine rings is 1. The van der Waals surface area contributed by atoms with Gasteiger partial charge in [0, 0.05) is 18.9 Å². The van der Waals surface area contributed by atoms with E-state index < -0.39 is 0 Å². The third kappa shape index (κ3) is 4.44. The maximum atomic E-state index is 12.1. The van der Waals surface area contributed by atoms with Crippen molar-refractivity contribution < 1.29 is 14.0 Å². The number of rotatable bonds is 7. The van der Waals surface area contributed by atoms with Crippen molar-refractivity contribution in [3.05, 3.63) is 53.7 Å². The summed E-state index contributed by atoms with van der Waals surface area (Å²) in [5.74, 6) is 0.142. The zero-order chi connectivity index (χ0) is 15.8. The average molecular weight is 301 g/mol. The summed E-state index contributed by atoms with van der Waals surface area (Å²) in [6, 6.07) is 5.06. The van der Waals surface area contributed by atoms with Crippen molar-refractivity contribution in [3.63, 3.8) is 0 Å². The van der Waals surface area contributed by atoms with Gasteiger partial charge in [0.25, 0.3) is 11.8 Å². The third-order valence-electron chi connectivity index (χ3n) is 3.08. The Bertz CT molecular complexity index is 623. The van der Waals surface area contributed by atoms with E-state index in [9.17, 15) is 9.59 Å². The smallest absolute Gasteiger partial charge is 0.253 e. The quantitative estimate of drug-likeness (QED) is 0.767. The van der Waals surface area contributed by atoms with Crippen molar-refractivity contribution in [2.75, 3.05) is 6.54 Å². The van der Waals surface area contributed by atoms with Crippen LogP contribution < -0.4 is 10.6 Å². The van der Waals surface area contributed by atoms with Gasteiger partial charge in [-0.1, -0.05) is 13.3 Å². The molecule has 2 N–H and O–H groups in total. The fourth-order valence-corrected chi connectivity index (χ4v) is 1.85. The summed E-state index contributed by atoms with van der Waals surface area (Å²) in [5, 5.41) is 5.51. The van der Waals surface area contributed by atoms with Gasteiger partial charge in [-0.3, -0.25) is 14.6 Å². The summed E-state index contributed by atoms with van der Waals surface area (Å²) >= 11 is 0. The lowest BCUT2D eigenvalue weighted by molar-refractivity contribution is 0.0947. The minimum absolute atomic E-state index is 0.221. The van der Waals surface area contributed by atoms with Crippen LogP contribution in [0.2, 0.25) is 0 Å². The molecule has 2 amide bonds. The van der Waals surface area contributed by atoms with E-state index in [1.165, 1.54) is 18.5 Å². The van der Waals surface area contributed by atoms with Gasteiger partial charge in [0.1, 0.15) is 5.76 Å². The standard InChI is InChI=1S/C16H19N3O3/c1-2-3-6-18-15(20)12-8-13(10-17-9-12)16(21)19-11-14-5-4-7-22-14/h4-5,7-10H,2-3,6,11H2,1H3,(H,18,20)(H,19,21). The number of unbranched alkanes of at least 4 members (excludes halogenated alkanes) is 1. The molecular weight excluding hydrogens is 282 g/mol. The highest BCUT2D eigenvalue weighted by Crippen LogP contribution is 2.05. The maximum absolute atomic E-state index is 12.1. The first kappa shape index (κ1) is 15.8. The number of furan rings is 1. The molecule has 0 fully saturated rings. The number of amides is 2. The predicted octanol–water partition coefficient (Wildman–Crippen LogP) is 2.13. The number of nitrogens with zero attached hydrogens (tertiary/aromatic N) is 1. The normalized spacial score (nSPS) is 10.2. The van der Waals surface area contributed by atoms with Gasteiger partial charge in [-0.15, -0.1) is 0 Å². The lowest BCUT2D eigenvalue weighted by Gasteiger charge is -2.06. The van der Waals surface area contributed by atoms with Gasteiger partial charge >= 0.3 is 0 Å². The van der Waals surface area contributed by atoms with Crippen LogP contribution in [0.5, 0.6) is 0 Å². The second-order valence-corrected chi connectivity index (χ2v) is 4.83. The van der Waals surface area contributed by atoms with Crippen molar-refractivity contribution >= 4 is 11.8 Å². The Morgan fingerprint density at radius 1 is 1.18 bits per heavy atom. The molecule has 0 unspecified atom stereocenters. The zero-order valence-electron chi connectivity index (χ0n) is 12.5. The molecule has 22 heavy (non-hydrogen) atoms. The molecule has 0 aliphatic carbocycles. The first-order chi connectivity index (χ1) is 10.7. The Balaban J connectivity index is 1.95. The number of aromatic nitrogens is 1. The number of carbonyl (C=O) groups is 2. The predicted molar refractivity (Wildman–Crippen MR) is 81.4 cm³/mol. The monoisotopic (exact) mass is 301 g/mol. The Hall–Kier alpha value is -2.63. The molecule has 2 aromatic heterocycles. The number of carbonyl (C=O) groups excluding carboxylic acids is 2. The van der Waals surface area contributed by atoms with Crippen LogP contribution in [0.25, 0.3) is 0 Å². The van der Waals surface area contributed by atoms with Gasteiger partial charge < -0.3 is 15.1 Å². The zero-order valence-corrected chi connectivity index (χ0v) is 12.5. The summed E-state index contributed by atoms with van der Waals surface area (Å²) in [4.78, 5) is 27.9. The summed E-state index contributed by atoms with van der Waals surface area (Å²) in [6.07, 6.45) is 6.35. The van der Waals surface area contributed by atoms with Crippen molar-refractivity contribution in [1.29, 1.82) is 0 Å². The van der Waals surface area contributed by atoms with E-state index in [2.05, 4.69) is 22.5 Å². The molecule has 6 nitrogen and oxygen atoms in total. The molecule has 2 aromatic rings. The third-order valence-corrected chi connectivity index (χ3v) is 3.08. The molecule has 0 spiro atoms. The number of nitrogens with one attached hydrogen (secondary N) is 2. The molecule has 0 saturated carbocycles. The highest BCUT2D eigenvalue weighted by Gasteiger charge is 2.11. The van der Waals surface area contributed by atoms with Gasteiger partial charge in [0.15, 0.2) is 0 Å². The summed E-state index contributed by atoms with van der Waals surface area (Å²) < 4.78 is 5.14. The second kappa shape index (κ2) is 7.97. The van der Waals surface area contributed by atoms with Crippen molar-refractivity contribution in [3.8, 4) is 0 Å². The number of hydrogen-bond donors (Lipinski definition) is 2. The van der Waals surface area contributed by atoms with Gasteiger partial charge in [-0.05, 0) is 24.6 Å². The fourth-order valence-electron chi connectivity index (χ4n) is 1.85. The van der Waals surface area contributed by atoms with E-state index in [-0.39, 0.29) is 11.8 Å². The van der Waals surface area contributed by atoms with Crippen LogP contribution in [0, 0.1) is 0 Å². The molecule has 2 heterocycles. The summed E-state index contributed by atoms with van der Waals surface area (Å²) in [5.41, 5.74) is 0.719. The summed E-state index contributed by atoms with van der Waals surface area (Å²) in [6.45, 7) is 2.96. The molecule has 0 atom stereocenters. The van der Waals surface area contributed by atoms with E-state index in [1.807, 2.05) is 0 Å². The Morgan fingerprint density at radius 2 is 1.91 bits per heavy atom. The van der Waals surface area contributed by atoms with Crippen LogP contribution in [0.1, 0.15) is 46.2 Å². The highest BCUT2D eigenvalue weighted by molar-refractivity contribution is 5.99. The largest absolute Gasteiger partial charge is 0.467 e. The van der Waals surface area contributed by atoms with Gasteiger partial charge in [0.05, 0.1) is 23.9 Å². The molecule has 0 aliphatic rings. The van der Waals surface area contributed by atoms with Crippen LogP contribution >= 0.6 is 0 Å². The van der Waals surface area contributed by atoms with E-state index in [4.69, 9.17) is 4.42 Å². The lowest BCUT2D eigenvalue weighted by Crippen LogP contribution is -2.26. The molecule has 0 aromatic carbocycles. The minimum atomic E-state index is -0.299. The van der Waals surface area contributed by atoms with E-state index >= 15 is 0 Å². The van der Waals surface area contributed by atoms with Crippen molar-refractivity contribution in [2.24, 2.45) is 0 Å². The van der Waals surface area contributed by atoms with Crippen molar-refractivity contribution in [2.45, 2.75) is 26.3 Å². The minimum Gasteiger partial charge on any atom is -0.467 e. The molecule has 0 radical (unpaired) electrons. The Kier molecular flexibility index (Phi) is 5.71. The van der Waals surface area contributed by atoms with Crippen LogP contribution in [0.3, 0.4) is 0 Å². The molecule has 0 bridgehead atoms. The van der Waals surface area contributed by atoms with Crippen LogP contribution in [0.4, 0.5) is 0 Å². The van der Waals surface area contributed by atoms with Gasteiger partial charge in [-0.2, -0.15) is 0 Å². The summed E-state index contributed by atoms with van der Waals surface area (Å²) in [7, 11) is 0. The first-order valence-electron chi connectivity index (χ1n) is 7.24. The number of hydrogen-bond acceptors (Lipinski definition) is 4. The first-order valence-corrected chi connectivity index (χ1v) is 7.24. The SMILES string of the molecule is CCCCNC(=O)c1cncc(C(=O)NCc2ccco2)c1. The van der Waals surface area contributed by atoms with E-state index in [0.29, 0.717) is 30.0 Å². The lowest BCUT2D eigenvalue weighted by atomic mass is 10.2. The molecule has 0 aliphatic heterocycles. The van der Waals surface area contributed by atoms with Gasteiger partial charge in [-0.25, -0.2) is 0 Å². The fraction of sp³-hybridized carbons (Fsp3) is 0.312. The molecule has 116 valence electrons. The van der Waals surface area contributed by atoms with Crippen LogP contribution in [-0.4, -0.2) is 23.3 Å². The van der Waals surface area contributed by atoms with Crippen molar-refractivity contribution in [1.82, 2.24) is 15.6 Å². The second-order valence-electron chi connectivity index (χ2n) is 4.83. The van der Waals surface area contributed by atoms with Gasteiger partial charge in [0.2, 0.25) is 0 Å².